The van der Waals surface area contributed by atoms with Gasteiger partial charge in [0.25, 0.3) is 5.22 Å². The third-order valence-electron chi connectivity index (χ3n) is 3.83. The number of carbonyl (C=O) groups is 2. The Morgan fingerprint density at radius 1 is 1.14 bits per heavy atom. The maximum atomic E-state index is 12.1. The lowest BCUT2D eigenvalue weighted by atomic mass is 10.1. The first-order chi connectivity index (χ1) is 13.5. The molecule has 1 N–H and O–H groups in total. The number of para-hydroxylation sites is 1. The number of thioether (sulfide) groups is 1. The standard InChI is InChI=1S/C20H18BrN3O3S/c1-13(25)16-8-2-3-9-17(16)22-18(26)10-5-11-28-20-24-23-19(27-20)14-6-4-7-15(21)12-14/h2-4,6-9,12H,5,10-11H2,1H3,(H,22,26). The normalized spacial score (nSPS) is 10.6. The number of hydrogen-bond acceptors (Lipinski definition) is 6. The smallest absolute Gasteiger partial charge is 0.276 e. The molecule has 0 saturated heterocycles. The van der Waals surface area contributed by atoms with Crippen molar-refractivity contribution in [2.75, 3.05) is 11.1 Å². The van der Waals surface area contributed by atoms with E-state index in [1.165, 1.54) is 18.7 Å². The number of nitrogens with one attached hydrogen (secondary N) is 1. The Kier molecular flexibility index (Phi) is 7.00. The minimum Gasteiger partial charge on any atom is -0.411 e. The molecule has 0 unspecified atom stereocenters. The second-order valence-corrected chi connectivity index (χ2v) is 7.95. The van der Waals surface area contributed by atoms with E-state index in [9.17, 15) is 9.59 Å². The van der Waals surface area contributed by atoms with Gasteiger partial charge in [-0.25, -0.2) is 0 Å². The molecule has 3 rings (SSSR count). The van der Waals surface area contributed by atoms with E-state index in [4.69, 9.17) is 4.42 Å². The summed E-state index contributed by atoms with van der Waals surface area (Å²) in [5.74, 6) is 0.920. The van der Waals surface area contributed by atoms with Crippen LogP contribution in [0.15, 0.2) is 62.6 Å². The molecule has 8 heteroatoms. The molecule has 28 heavy (non-hydrogen) atoms. The predicted molar refractivity (Wildman–Crippen MR) is 112 cm³/mol. The molecule has 1 amide bonds. The lowest BCUT2D eigenvalue weighted by molar-refractivity contribution is -0.116. The van der Waals surface area contributed by atoms with E-state index in [2.05, 4.69) is 31.4 Å². The van der Waals surface area contributed by atoms with Crippen molar-refractivity contribution in [1.82, 2.24) is 10.2 Å². The summed E-state index contributed by atoms with van der Waals surface area (Å²) in [5, 5.41) is 11.4. The van der Waals surface area contributed by atoms with Crippen LogP contribution in [0.2, 0.25) is 0 Å². The number of benzene rings is 2. The summed E-state index contributed by atoms with van der Waals surface area (Å²) in [5.41, 5.74) is 1.90. The summed E-state index contributed by atoms with van der Waals surface area (Å²) >= 11 is 4.83. The van der Waals surface area contributed by atoms with Gasteiger partial charge in [-0.15, -0.1) is 10.2 Å². The molecule has 0 aliphatic rings. The fourth-order valence-electron chi connectivity index (χ4n) is 2.51. The van der Waals surface area contributed by atoms with Gasteiger partial charge in [0, 0.05) is 27.8 Å². The zero-order valence-electron chi connectivity index (χ0n) is 15.1. The molecule has 0 aliphatic heterocycles. The largest absolute Gasteiger partial charge is 0.411 e. The Labute approximate surface area is 175 Å². The minimum absolute atomic E-state index is 0.0795. The minimum atomic E-state index is -0.130. The van der Waals surface area contributed by atoms with Crippen molar-refractivity contribution >= 4 is 45.1 Å². The first-order valence-electron chi connectivity index (χ1n) is 8.65. The molecule has 0 atom stereocenters. The molecule has 0 radical (unpaired) electrons. The van der Waals surface area contributed by atoms with Gasteiger partial charge in [-0.2, -0.15) is 0 Å². The average Bonchev–Trinajstić information content (AvgIpc) is 3.14. The fraction of sp³-hybridized carbons (Fsp3) is 0.200. The van der Waals surface area contributed by atoms with Crippen LogP contribution in [0.1, 0.15) is 30.1 Å². The Balaban J connectivity index is 1.46. The molecule has 1 heterocycles. The van der Waals surface area contributed by atoms with Crippen LogP contribution in [0.4, 0.5) is 5.69 Å². The molecule has 0 spiro atoms. The molecule has 0 bridgehead atoms. The maximum Gasteiger partial charge on any atom is 0.276 e. The van der Waals surface area contributed by atoms with Crippen LogP contribution in [0.3, 0.4) is 0 Å². The van der Waals surface area contributed by atoms with Gasteiger partial charge in [-0.1, -0.05) is 45.9 Å². The molecule has 2 aromatic carbocycles. The zero-order chi connectivity index (χ0) is 19.9. The lowest BCUT2D eigenvalue weighted by Gasteiger charge is -2.08. The van der Waals surface area contributed by atoms with Crippen molar-refractivity contribution in [3.63, 3.8) is 0 Å². The van der Waals surface area contributed by atoms with Gasteiger partial charge in [0.15, 0.2) is 5.78 Å². The third-order valence-corrected chi connectivity index (χ3v) is 5.23. The summed E-state index contributed by atoms with van der Waals surface area (Å²) in [6, 6.07) is 14.6. The molecular formula is C20H18BrN3O3S. The Hall–Kier alpha value is -2.45. The molecule has 1 aromatic heterocycles. The highest BCUT2D eigenvalue weighted by molar-refractivity contribution is 9.10. The van der Waals surface area contributed by atoms with Crippen molar-refractivity contribution in [3.8, 4) is 11.5 Å². The predicted octanol–water partition coefficient (Wildman–Crippen LogP) is 5.21. The third kappa shape index (κ3) is 5.53. The quantitative estimate of drug-likeness (QED) is 0.282. The summed E-state index contributed by atoms with van der Waals surface area (Å²) in [6.07, 6.45) is 0.985. The molecule has 3 aromatic rings. The van der Waals surface area contributed by atoms with E-state index in [1.807, 2.05) is 24.3 Å². The van der Waals surface area contributed by atoms with E-state index in [-0.39, 0.29) is 11.7 Å². The Bertz CT molecular complexity index is 990. The number of rotatable bonds is 8. The molecule has 144 valence electrons. The van der Waals surface area contributed by atoms with E-state index >= 15 is 0 Å². The van der Waals surface area contributed by atoms with Gasteiger partial charge in [-0.05, 0) is 43.7 Å². The van der Waals surface area contributed by atoms with Crippen molar-refractivity contribution in [2.45, 2.75) is 25.0 Å². The van der Waals surface area contributed by atoms with E-state index in [0.717, 1.165) is 10.0 Å². The van der Waals surface area contributed by atoms with E-state index in [0.29, 0.717) is 41.0 Å². The summed E-state index contributed by atoms with van der Waals surface area (Å²) in [7, 11) is 0. The van der Waals surface area contributed by atoms with Crippen LogP contribution in [0, 0.1) is 0 Å². The van der Waals surface area contributed by atoms with Gasteiger partial charge >= 0.3 is 0 Å². The number of hydrogen-bond donors (Lipinski definition) is 1. The monoisotopic (exact) mass is 459 g/mol. The van der Waals surface area contributed by atoms with Gasteiger partial charge in [0.2, 0.25) is 11.8 Å². The number of aromatic nitrogens is 2. The van der Waals surface area contributed by atoms with E-state index < -0.39 is 0 Å². The summed E-state index contributed by atoms with van der Waals surface area (Å²) in [6.45, 7) is 1.48. The SMILES string of the molecule is CC(=O)c1ccccc1NC(=O)CCCSc1nnc(-c2cccc(Br)c2)o1. The average molecular weight is 460 g/mol. The number of amides is 1. The van der Waals surface area contributed by atoms with Gasteiger partial charge < -0.3 is 9.73 Å². The van der Waals surface area contributed by atoms with Crippen molar-refractivity contribution in [2.24, 2.45) is 0 Å². The van der Waals surface area contributed by atoms with Gasteiger partial charge in [-0.3, -0.25) is 9.59 Å². The lowest BCUT2D eigenvalue weighted by Crippen LogP contribution is -2.13. The van der Waals surface area contributed by atoms with Crippen molar-refractivity contribution in [3.05, 3.63) is 58.6 Å². The number of ketones is 1. The van der Waals surface area contributed by atoms with Crippen LogP contribution < -0.4 is 5.32 Å². The fourth-order valence-corrected chi connectivity index (χ4v) is 3.61. The number of carbonyl (C=O) groups excluding carboxylic acids is 2. The zero-order valence-corrected chi connectivity index (χ0v) is 17.5. The number of anilines is 1. The first-order valence-corrected chi connectivity index (χ1v) is 10.4. The molecule has 6 nitrogen and oxygen atoms in total. The van der Waals surface area contributed by atoms with Crippen LogP contribution in [-0.2, 0) is 4.79 Å². The first kappa shape index (κ1) is 20.3. The maximum absolute atomic E-state index is 12.1. The van der Waals surface area contributed by atoms with E-state index in [1.54, 1.807) is 24.3 Å². The van der Waals surface area contributed by atoms with Gasteiger partial charge in [0.05, 0.1) is 5.69 Å². The number of nitrogens with zero attached hydrogens (tertiary/aromatic N) is 2. The molecule has 0 aliphatic carbocycles. The summed E-state index contributed by atoms with van der Waals surface area (Å²) in [4.78, 5) is 23.7. The second kappa shape index (κ2) is 9.66. The topological polar surface area (TPSA) is 85.1 Å². The van der Waals surface area contributed by atoms with Crippen molar-refractivity contribution in [1.29, 1.82) is 0 Å². The number of halogens is 1. The summed E-state index contributed by atoms with van der Waals surface area (Å²) < 4.78 is 6.59. The highest BCUT2D eigenvalue weighted by Crippen LogP contribution is 2.25. The number of Topliss-reactive ketones (excluding diaryl/α,β-unsaturated/α-hetero) is 1. The van der Waals surface area contributed by atoms with Crippen LogP contribution in [0.5, 0.6) is 0 Å². The molecular weight excluding hydrogens is 442 g/mol. The molecule has 0 saturated carbocycles. The second-order valence-electron chi connectivity index (χ2n) is 5.99. The van der Waals surface area contributed by atoms with Crippen LogP contribution >= 0.6 is 27.7 Å². The molecule has 0 fully saturated rings. The van der Waals surface area contributed by atoms with Gasteiger partial charge in [0.1, 0.15) is 0 Å². The Morgan fingerprint density at radius 3 is 2.75 bits per heavy atom. The highest BCUT2D eigenvalue weighted by atomic mass is 79.9. The van der Waals surface area contributed by atoms with Crippen LogP contribution in [0.25, 0.3) is 11.5 Å². The Morgan fingerprint density at radius 2 is 1.96 bits per heavy atom. The highest BCUT2D eigenvalue weighted by Gasteiger charge is 2.11. The van der Waals surface area contributed by atoms with Crippen molar-refractivity contribution < 1.29 is 14.0 Å². The van der Waals surface area contributed by atoms with Crippen LogP contribution in [-0.4, -0.2) is 27.6 Å².